The summed E-state index contributed by atoms with van der Waals surface area (Å²) < 4.78 is 67.5. The minimum atomic E-state index is -4.67. The van der Waals surface area contributed by atoms with Gasteiger partial charge in [-0.3, -0.25) is 4.79 Å². The van der Waals surface area contributed by atoms with Crippen molar-refractivity contribution in [1.29, 1.82) is 0 Å². The molecule has 184 valence electrons. The number of hydrogen-bond acceptors (Lipinski definition) is 4. The molecule has 10 heteroatoms. The molecule has 0 saturated heterocycles. The second kappa shape index (κ2) is 9.07. The van der Waals surface area contributed by atoms with Crippen LogP contribution in [0.2, 0.25) is 0 Å². The fourth-order valence-corrected chi connectivity index (χ4v) is 7.13. The van der Waals surface area contributed by atoms with Crippen molar-refractivity contribution < 1.29 is 26.4 Å². The quantitative estimate of drug-likeness (QED) is 0.455. The van der Waals surface area contributed by atoms with Crippen LogP contribution in [0.1, 0.15) is 40.5 Å². The SMILES string of the molecule is O=C(CN(C1CC1)S(=O)(=O)c1cccc(C(F)(F)F)c1)N1CCc2sccc2C1c1ccccc1. The van der Waals surface area contributed by atoms with Crippen LogP contribution >= 0.6 is 11.3 Å². The van der Waals surface area contributed by atoms with Gasteiger partial charge in [0.1, 0.15) is 0 Å². The number of hydrogen-bond donors (Lipinski definition) is 0. The monoisotopic (exact) mass is 520 g/mol. The Morgan fingerprint density at radius 1 is 1.06 bits per heavy atom. The summed E-state index contributed by atoms with van der Waals surface area (Å²) in [5, 5.41) is 1.99. The highest BCUT2D eigenvalue weighted by molar-refractivity contribution is 7.89. The maximum Gasteiger partial charge on any atom is 0.416 e. The summed E-state index contributed by atoms with van der Waals surface area (Å²) in [6.07, 6.45) is -2.85. The number of alkyl halides is 3. The lowest BCUT2D eigenvalue weighted by Crippen LogP contribution is -2.47. The van der Waals surface area contributed by atoms with Gasteiger partial charge in [-0.15, -0.1) is 11.3 Å². The molecule has 0 spiro atoms. The minimum absolute atomic E-state index is 0.337. The molecule has 2 aromatic carbocycles. The first-order valence-electron chi connectivity index (χ1n) is 11.3. The third kappa shape index (κ3) is 4.74. The molecule has 1 aliphatic heterocycles. The van der Waals surface area contributed by atoms with Crippen molar-refractivity contribution in [3.05, 3.63) is 87.6 Å². The van der Waals surface area contributed by atoms with Crippen molar-refractivity contribution in [1.82, 2.24) is 9.21 Å². The van der Waals surface area contributed by atoms with E-state index in [0.717, 1.165) is 33.6 Å². The highest BCUT2D eigenvalue weighted by atomic mass is 32.2. The summed E-state index contributed by atoms with van der Waals surface area (Å²) in [5.74, 6) is -0.363. The number of carbonyl (C=O) groups is 1. The van der Waals surface area contributed by atoms with Crippen LogP contribution in [0.3, 0.4) is 0 Å². The first-order chi connectivity index (χ1) is 16.7. The Bertz CT molecular complexity index is 1340. The number of thiophene rings is 1. The molecule has 1 amide bonds. The Balaban J connectivity index is 1.46. The van der Waals surface area contributed by atoms with Crippen LogP contribution in [0.25, 0.3) is 0 Å². The molecule has 0 N–H and O–H groups in total. The van der Waals surface area contributed by atoms with E-state index in [2.05, 4.69) is 0 Å². The van der Waals surface area contributed by atoms with Gasteiger partial charge < -0.3 is 4.90 Å². The number of fused-ring (bicyclic) bond motifs is 1. The summed E-state index contributed by atoms with van der Waals surface area (Å²) in [6, 6.07) is 14.5. The molecule has 5 nitrogen and oxygen atoms in total. The number of sulfonamides is 1. The number of benzene rings is 2. The zero-order valence-corrected chi connectivity index (χ0v) is 20.2. The summed E-state index contributed by atoms with van der Waals surface area (Å²) >= 11 is 1.63. The van der Waals surface area contributed by atoms with Crippen LogP contribution < -0.4 is 0 Å². The van der Waals surface area contributed by atoms with E-state index < -0.39 is 39.2 Å². The summed E-state index contributed by atoms with van der Waals surface area (Å²) in [5.41, 5.74) is 0.921. The van der Waals surface area contributed by atoms with Crippen LogP contribution in [0.4, 0.5) is 13.2 Å². The van der Waals surface area contributed by atoms with Crippen LogP contribution in [-0.4, -0.2) is 42.7 Å². The lowest BCUT2D eigenvalue weighted by atomic mass is 9.93. The van der Waals surface area contributed by atoms with Gasteiger partial charge in [-0.1, -0.05) is 36.4 Å². The number of amides is 1. The standard InChI is InChI=1S/C25H23F3N2O3S2/c26-25(27,28)18-7-4-8-20(15-18)35(32,33)30(19-9-10-19)16-23(31)29-13-11-22-21(12-14-34-22)24(29)17-5-2-1-3-6-17/h1-8,12,14-15,19,24H,9-11,13,16H2. The largest absolute Gasteiger partial charge is 0.416 e. The summed E-state index contributed by atoms with van der Waals surface area (Å²) in [4.78, 5) is 16.0. The van der Waals surface area contributed by atoms with Crippen molar-refractivity contribution >= 4 is 27.3 Å². The van der Waals surface area contributed by atoms with Gasteiger partial charge >= 0.3 is 6.18 Å². The van der Waals surface area contributed by atoms with Gasteiger partial charge in [-0.2, -0.15) is 17.5 Å². The van der Waals surface area contributed by atoms with Crippen LogP contribution in [0.15, 0.2) is 70.9 Å². The molecule has 1 unspecified atom stereocenters. The Hall–Kier alpha value is -2.69. The van der Waals surface area contributed by atoms with Crippen molar-refractivity contribution in [2.75, 3.05) is 13.1 Å². The van der Waals surface area contributed by atoms with Crippen LogP contribution in [0, 0.1) is 0 Å². The number of carbonyl (C=O) groups excluding carboxylic acids is 1. The second-order valence-corrected chi connectivity index (χ2v) is 11.6. The molecular weight excluding hydrogens is 497 g/mol. The molecule has 1 atom stereocenters. The molecule has 2 heterocycles. The van der Waals surface area contributed by atoms with Crippen LogP contribution in [-0.2, 0) is 27.4 Å². The third-order valence-corrected chi connectivity index (χ3v) is 9.31. The fraction of sp³-hybridized carbons (Fsp3) is 0.320. The molecular formula is C25H23F3N2O3S2. The number of halogens is 3. The average molecular weight is 521 g/mol. The van der Waals surface area contributed by atoms with Crippen molar-refractivity contribution in [3.8, 4) is 0 Å². The zero-order chi connectivity index (χ0) is 24.8. The van der Waals surface area contributed by atoms with Crippen LogP contribution in [0.5, 0.6) is 0 Å². The summed E-state index contributed by atoms with van der Waals surface area (Å²) in [6.45, 7) is 0.0278. The van der Waals surface area contributed by atoms with Crippen molar-refractivity contribution in [2.45, 2.75) is 42.4 Å². The normalized spacial score (nSPS) is 18.5. The molecule has 5 rings (SSSR count). The van der Waals surface area contributed by atoms with E-state index in [1.54, 1.807) is 16.2 Å². The van der Waals surface area contributed by atoms with Gasteiger partial charge in [0.15, 0.2) is 0 Å². The molecule has 35 heavy (non-hydrogen) atoms. The van der Waals surface area contributed by atoms with E-state index in [9.17, 15) is 26.4 Å². The maximum atomic E-state index is 13.6. The lowest BCUT2D eigenvalue weighted by Gasteiger charge is -2.37. The Morgan fingerprint density at radius 2 is 1.80 bits per heavy atom. The van der Waals surface area contributed by atoms with Crippen molar-refractivity contribution in [3.63, 3.8) is 0 Å². The van der Waals surface area contributed by atoms with Gasteiger partial charge in [-0.05, 0) is 60.0 Å². The molecule has 2 aliphatic rings. The first kappa shape index (κ1) is 24.0. The van der Waals surface area contributed by atoms with E-state index in [0.29, 0.717) is 31.9 Å². The highest BCUT2D eigenvalue weighted by Gasteiger charge is 2.42. The molecule has 1 fully saturated rings. The van der Waals surface area contributed by atoms with E-state index in [-0.39, 0.29) is 11.9 Å². The first-order valence-corrected chi connectivity index (χ1v) is 13.6. The van der Waals surface area contributed by atoms with Gasteiger partial charge in [0, 0.05) is 17.5 Å². The van der Waals surface area contributed by atoms with Gasteiger partial charge in [-0.25, -0.2) is 8.42 Å². The van der Waals surface area contributed by atoms with E-state index in [1.165, 1.54) is 4.88 Å². The molecule has 0 bridgehead atoms. The Morgan fingerprint density at radius 3 is 2.49 bits per heavy atom. The van der Waals surface area contributed by atoms with E-state index >= 15 is 0 Å². The Kier molecular flexibility index (Phi) is 6.23. The van der Waals surface area contributed by atoms with Gasteiger partial charge in [0.25, 0.3) is 0 Å². The fourth-order valence-electron chi connectivity index (χ4n) is 4.55. The molecule has 1 aromatic heterocycles. The third-order valence-electron chi connectivity index (χ3n) is 6.41. The van der Waals surface area contributed by atoms with E-state index in [1.807, 2.05) is 41.8 Å². The lowest BCUT2D eigenvalue weighted by molar-refractivity contribution is -0.137. The molecule has 0 radical (unpaired) electrons. The maximum absolute atomic E-state index is 13.6. The zero-order valence-electron chi connectivity index (χ0n) is 18.6. The average Bonchev–Trinajstić information content (AvgIpc) is 3.57. The number of rotatable bonds is 6. The second-order valence-electron chi connectivity index (χ2n) is 8.76. The molecule has 1 saturated carbocycles. The predicted octanol–water partition coefficient (Wildman–Crippen LogP) is 5.09. The molecule has 1 aliphatic carbocycles. The minimum Gasteiger partial charge on any atom is -0.330 e. The Labute approximate surface area is 205 Å². The molecule has 3 aromatic rings. The van der Waals surface area contributed by atoms with Crippen molar-refractivity contribution in [2.24, 2.45) is 0 Å². The van der Waals surface area contributed by atoms with Gasteiger partial charge in [0.05, 0.1) is 23.0 Å². The van der Waals surface area contributed by atoms with Gasteiger partial charge in [0.2, 0.25) is 15.9 Å². The topological polar surface area (TPSA) is 57.7 Å². The van der Waals surface area contributed by atoms with E-state index in [4.69, 9.17) is 0 Å². The predicted molar refractivity (Wildman–Crippen MR) is 126 cm³/mol. The smallest absolute Gasteiger partial charge is 0.330 e. The summed E-state index contributed by atoms with van der Waals surface area (Å²) in [7, 11) is -4.30. The number of nitrogens with zero attached hydrogens (tertiary/aromatic N) is 2. The highest BCUT2D eigenvalue weighted by Crippen LogP contribution is 2.39.